The lowest BCUT2D eigenvalue weighted by atomic mass is 10.1. The van der Waals surface area contributed by atoms with Crippen molar-refractivity contribution in [1.82, 2.24) is 0 Å². The highest BCUT2D eigenvalue weighted by Gasteiger charge is 2.04. The topological polar surface area (TPSA) is 65.2 Å². The molecule has 0 amide bonds. The Bertz CT molecular complexity index is 330. The second-order valence-electron chi connectivity index (χ2n) is 2.74. The van der Waals surface area contributed by atoms with E-state index in [0.29, 0.717) is 0 Å². The molecule has 0 heterocycles. The molecule has 0 unspecified atom stereocenters. The average Bonchev–Trinajstić information content (AvgIpc) is 2.14. The van der Waals surface area contributed by atoms with Gasteiger partial charge in [0, 0.05) is 0 Å². The van der Waals surface area contributed by atoms with Crippen LogP contribution in [0.4, 0.5) is 0 Å². The molecule has 0 aliphatic heterocycles. The SMILES string of the molecule is C[NH2+]C(=NN=N)c1cccc(C)c1. The van der Waals surface area contributed by atoms with Gasteiger partial charge in [-0.25, -0.2) is 0 Å². The summed E-state index contributed by atoms with van der Waals surface area (Å²) in [5.41, 5.74) is 8.83. The molecule has 0 spiro atoms. The van der Waals surface area contributed by atoms with Crippen LogP contribution in [-0.2, 0) is 0 Å². The summed E-state index contributed by atoms with van der Waals surface area (Å²) >= 11 is 0. The highest BCUT2D eigenvalue weighted by atomic mass is 15.3. The lowest BCUT2D eigenvalue weighted by molar-refractivity contribution is -0.505. The van der Waals surface area contributed by atoms with Gasteiger partial charge >= 0.3 is 0 Å². The maximum absolute atomic E-state index is 6.66. The second-order valence-corrected chi connectivity index (χ2v) is 2.74. The van der Waals surface area contributed by atoms with Crippen LogP contribution in [0.5, 0.6) is 0 Å². The molecule has 0 aliphatic carbocycles. The maximum atomic E-state index is 6.66. The summed E-state index contributed by atoms with van der Waals surface area (Å²) in [6.45, 7) is 2.02. The number of rotatable bonds is 2. The molecule has 13 heavy (non-hydrogen) atoms. The third-order valence-corrected chi connectivity index (χ3v) is 1.75. The van der Waals surface area contributed by atoms with E-state index < -0.39 is 0 Å². The molecule has 3 N–H and O–H groups in total. The molecule has 4 nitrogen and oxygen atoms in total. The predicted octanol–water partition coefficient (Wildman–Crippen LogP) is 0.881. The Kier molecular flexibility index (Phi) is 3.28. The summed E-state index contributed by atoms with van der Waals surface area (Å²) < 4.78 is 0. The minimum Gasteiger partial charge on any atom is -0.298 e. The van der Waals surface area contributed by atoms with Crippen molar-refractivity contribution < 1.29 is 5.32 Å². The molecule has 0 aromatic heterocycles. The number of nitrogens with two attached hydrogens (primary N) is 1. The van der Waals surface area contributed by atoms with Gasteiger partial charge in [-0.2, -0.15) is 5.53 Å². The molecule has 0 saturated carbocycles. The Morgan fingerprint density at radius 3 is 2.77 bits per heavy atom. The summed E-state index contributed by atoms with van der Waals surface area (Å²) in [6.07, 6.45) is 0. The van der Waals surface area contributed by atoms with E-state index in [4.69, 9.17) is 5.53 Å². The summed E-state index contributed by atoms with van der Waals surface area (Å²) in [7, 11) is 1.88. The van der Waals surface area contributed by atoms with Crippen LogP contribution in [0.3, 0.4) is 0 Å². The molecule has 0 bridgehead atoms. The van der Waals surface area contributed by atoms with Crippen molar-refractivity contribution >= 4 is 5.84 Å². The molecule has 1 aromatic rings. The number of nitrogens with one attached hydrogen (secondary N) is 1. The zero-order valence-corrected chi connectivity index (χ0v) is 7.78. The fourth-order valence-electron chi connectivity index (χ4n) is 1.14. The van der Waals surface area contributed by atoms with Gasteiger partial charge in [0.2, 0.25) is 0 Å². The average molecular weight is 177 g/mol. The van der Waals surface area contributed by atoms with Gasteiger partial charge in [-0.3, -0.25) is 5.32 Å². The van der Waals surface area contributed by atoms with E-state index in [9.17, 15) is 0 Å². The number of hydrogen-bond acceptors (Lipinski definition) is 2. The molecule has 0 saturated heterocycles. The number of nitrogens with zero attached hydrogens (tertiary/aromatic N) is 2. The molecule has 0 atom stereocenters. The van der Waals surface area contributed by atoms with Crippen LogP contribution < -0.4 is 5.32 Å². The van der Waals surface area contributed by atoms with Crippen molar-refractivity contribution in [3.63, 3.8) is 0 Å². The fourth-order valence-corrected chi connectivity index (χ4v) is 1.14. The van der Waals surface area contributed by atoms with Crippen LogP contribution in [0.15, 0.2) is 34.6 Å². The lowest BCUT2D eigenvalue weighted by Crippen LogP contribution is -2.84. The molecule has 0 aliphatic rings. The molecule has 0 fully saturated rings. The highest BCUT2D eigenvalue weighted by Crippen LogP contribution is 2.02. The Morgan fingerprint density at radius 2 is 2.23 bits per heavy atom. The summed E-state index contributed by atoms with van der Waals surface area (Å²) in [5.74, 6) is 0.735. The molecular weight excluding hydrogens is 164 g/mol. The molecule has 1 aromatic carbocycles. The van der Waals surface area contributed by atoms with Crippen LogP contribution in [0.2, 0.25) is 0 Å². The smallest absolute Gasteiger partial charge is 0.252 e. The molecule has 4 heteroatoms. The normalized spacial score (nSPS) is 11.4. The van der Waals surface area contributed by atoms with E-state index in [0.717, 1.165) is 11.4 Å². The van der Waals surface area contributed by atoms with Crippen LogP contribution in [-0.4, -0.2) is 12.9 Å². The van der Waals surface area contributed by atoms with Crippen molar-refractivity contribution in [2.45, 2.75) is 6.92 Å². The second kappa shape index (κ2) is 4.47. The third kappa shape index (κ3) is 2.45. The Morgan fingerprint density at radius 1 is 1.46 bits per heavy atom. The van der Waals surface area contributed by atoms with Crippen LogP contribution in [0.25, 0.3) is 0 Å². The summed E-state index contributed by atoms with van der Waals surface area (Å²) in [6, 6.07) is 7.96. The number of quaternary nitrogens is 1. The van der Waals surface area contributed by atoms with Gasteiger partial charge in [-0.1, -0.05) is 22.8 Å². The quantitative estimate of drug-likeness (QED) is 0.291. The standard InChI is InChI=1S/C9H12N4/c1-7-4-3-5-8(6-7)9(11-2)12-13-10/h3-6H,1-2H3,(H2,10,11,12)/p+1. The third-order valence-electron chi connectivity index (χ3n) is 1.75. The predicted molar refractivity (Wildman–Crippen MR) is 50.7 cm³/mol. The van der Waals surface area contributed by atoms with E-state index in [1.54, 1.807) is 0 Å². The van der Waals surface area contributed by atoms with Gasteiger partial charge in [0.15, 0.2) is 0 Å². The van der Waals surface area contributed by atoms with Gasteiger partial charge in [0.05, 0.1) is 12.6 Å². The molecule has 68 valence electrons. The number of aryl methyl sites for hydroxylation is 1. The van der Waals surface area contributed by atoms with E-state index >= 15 is 0 Å². The monoisotopic (exact) mass is 177 g/mol. The number of hydrogen-bond donors (Lipinski definition) is 2. The largest absolute Gasteiger partial charge is 0.298 e. The Balaban J connectivity index is 3.05. The maximum Gasteiger partial charge on any atom is 0.252 e. The lowest BCUT2D eigenvalue weighted by Gasteiger charge is -1.99. The Labute approximate surface area is 77.2 Å². The molecular formula is C9H13N4+. The van der Waals surface area contributed by atoms with E-state index in [2.05, 4.69) is 10.3 Å². The van der Waals surface area contributed by atoms with Crippen LogP contribution in [0.1, 0.15) is 11.1 Å². The first-order valence-electron chi connectivity index (χ1n) is 4.08. The van der Waals surface area contributed by atoms with Crippen LogP contribution >= 0.6 is 0 Å². The van der Waals surface area contributed by atoms with Crippen molar-refractivity contribution in [3.8, 4) is 0 Å². The van der Waals surface area contributed by atoms with Gasteiger partial charge in [0.1, 0.15) is 0 Å². The van der Waals surface area contributed by atoms with Gasteiger partial charge < -0.3 is 0 Å². The van der Waals surface area contributed by atoms with Crippen molar-refractivity contribution in [2.24, 2.45) is 10.3 Å². The zero-order valence-electron chi connectivity index (χ0n) is 7.78. The van der Waals surface area contributed by atoms with E-state index in [1.807, 2.05) is 43.6 Å². The fraction of sp³-hybridized carbons (Fsp3) is 0.222. The summed E-state index contributed by atoms with van der Waals surface area (Å²) in [5, 5.41) is 8.57. The summed E-state index contributed by atoms with van der Waals surface area (Å²) in [4.78, 5) is 0. The molecule has 0 radical (unpaired) electrons. The van der Waals surface area contributed by atoms with Crippen molar-refractivity contribution in [3.05, 3.63) is 35.4 Å². The Hall–Kier alpha value is -1.55. The number of benzene rings is 1. The minimum absolute atomic E-state index is 0.735. The number of amidine groups is 1. The van der Waals surface area contributed by atoms with E-state index in [-0.39, 0.29) is 0 Å². The minimum atomic E-state index is 0.735. The first-order chi connectivity index (χ1) is 6.27. The van der Waals surface area contributed by atoms with Gasteiger partial charge in [-0.15, -0.1) is 0 Å². The van der Waals surface area contributed by atoms with Crippen molar-refractivity contribution in [1.29, 1.82) is 5.53 Å². The first kappa shape index (κ1) is 9.54. The van der Waals surface area contributed by atoms with Gasteiger partial charge in [0.25, 0.3) is 5.84 Å². The van der Waals surface area contributed by atoms with E-state index in [1.165, 1.54) is 5.56 Å². The molecule has 1 rings (SSSR count). The highest BCUT2D eigenvalue weighted by molar-refractivity contribution is 5.91. The zero-order chi connectivity index (χ0) is 9.68. The van der Waals surface area contributed by atoms with Gasteiger partial charge in [-0.05, 0) is 24.3 Å². The van der Waals surface area contributed by atoms with Crippen molar-refractivity contribution in [2.75, 3.05) is 7.05 Å². The first-order valence-corrected chi connectivity index (χ1v) is 4.08. The van der Waals surface area contributed by atoms with Crippen LogP contribution in [0, 0.1) is 12.5 Å².